The smallest absolute Gasteiger partial charge is 0.141 e. The molecule has 1 fully saturated rings. The van der Waals surface area contributed by atoms with Gasteiger partial charge in [-0.15, -0.1) is 0 Å². The fraction of sp³-hybridized carbons (Fsp3) is 0.304. The van der Waals surface area contributed by atoms with Gasteiger partial charge in [-0.25, -0.2) is 18.3 Å². The average molecular weight is 441 g/mol. The van der Waals surface area contributed by atoms with E-state index in [0.29, 0.717) is 40.1 Å². The normalized spacial score (nSPS) is 16.7. The highest BCUT2D eigenvalue weighted by Crippen LogP contribution is 2.31. The van der Waals surface area contributed by atoms with Crippen LogP contribution in [0.5, 0.6) is 0 Å². The van der Waals surface area contributed by atoms with Crippen molar-refractivity contribution in [3.05, 3.63) is 60.7 Å². The molecule has 0 amide bonds. The first-order chi connectivity index (χ1) is 15.0. The highest BCUT2D eigenvalue weighted by atomic mass is 32.2. The maximum Gasteiger partial charge on any atom is 0.141 e. The Morgan fingerprint density at radius 1 is 1.06 bits per heavy atom. The predicted octanol–water partition coefficient (Wildman–Crippen LogP) is 3.84. The first-order valence-corrected chi connectivity index (χ1v) is 11.4. The monoisotopic (exact) mass is 440 g/mol. The summed E-state index contributed by atoms with van der Waals surface area (Å²) >= 11 is 0. The van der Waals surface area contributed by atoms with Gasteiger partial charge in [-0.2, -0.15) is 0 Å². The molecular formula is C23H25FN4O2S. The van der Waals surface area contributed by atoms with E-state index in [1.54, 1.807) is 24.3 Å². The number of aromatic nitrogens is 2. The van der Waals surface area contributed by atoms with E-state index in [4.69, 9.17) is 5.73 Å². The summed E-state index contributed by atoms with van der Waals surface area (Å²) in [6.45, 7) is 0.261. The predicted molar refractivity (Wildman–Crippen MR) is 120 cm³/mol. The molecule has 1 atom stereocenters. The molecular weight excluding hydrogens is 415 g/mol. The molecule has 162 valence electrons. The van der Waals surface area contributed by atoms with Crippen molar-refractivity contribution in [1.29, 1.82) is 0 Å². The molecule has 4 rings (SSSR count). The summed E-state index contributed by atoms with van der Waals surface area (Å²) < 4.78 is 30.8. The number of hydrogen-bond donors (Lipinski definition) is 3. The lowest BCUT2D eigenvalue weighted by atomic mass is 9.85. The Hall–Kier alpha value is -2.68. The summed E-state index contributed by atoms with van der Waals surface area (Å²) in [5.74, 6) is -0.191. The topological polar surface area (TPSA) is 101 Å². The number of anilines is 1. The highest BCUT2D eigenvalue weighted by Gasteiger charge is 2.29. The van der Waals surface area contributed by atoms with E-state index in [1.807, 2.05) is 12.1 Å². The third-order valence-corrected chi connectivity index (χ3v) is 6.79. The van der Waals surface area contributed by atoms with Gasteiger partial charge in [0.1, 0.15) is 22.6 Å². The number of hydrogen-bond acceptors (Lipinski definition) is 5. The zero-order valence-corrected chi connectivity index (χ0v) is 17.9. The van der Waals surface area contributed by atoms with Crippen molar-refractivity contribution >= 4 is 16.8 Å². The van der Waals surface area contributed by atoms with E-state index in [9.17, 15) is 13.7 Å². The van der Waals surface area contributed by atoms with Crippen molar-refractivity contribution in [3.63, 3.8) is 0 Å². The Bertz CT molecular complexity index is 1090. The maximum atomic E-state index is 14.9. The first kappa shape index (κ1) is 21.5. The van der Waals surface area contributed by atoms with E-state index in [0.717, 1.165) is 19.3 Å². The summed E-state index contributed by atoms with van der Waals surface area (Å²) in [7, 11) is -1.54. The maximum absolute atomic E-state index is 14.9. The second kappa shape index (κ2) is 9.21. The van der Waals surface area contributed by atoms with Crippen molar-refractivity contribution in [2.24, 2.45) is 0 Å². The molecule has 8 heteroatoms. The molecule has 0 spiro atoms. The Balaban J connectivity index is 1.57. The zero-order chi connectivity index (χ0) is 21.8. The highest BCUT2D eigenvalue weighted by molar-refractivity contribution is 7.83. The van der Waals surface area contributed by atoms with Crippen LogP contribution in [-0.4, -0.2) is 31.4 Å². The van der Waals surface area contributed by atoms with Crippen LogP contribution >= 0.6 is 0 Å². The van der Waals surface area contributed by atoms with Gasteiger partial charge in [0.25, 0.3) is 0 Å². The Labute approximate surface area is 183 Å². The number of halogens is 1. The van der Waals surface area contributed by atoms with Crippen LogP contribution in [0.4, 0.5) is 10.2 Å². The van der Waals surface area contributed by atoms with E-state index in [-0.39, 0.29) is 12.4 Å². The summed E-state index contributed by atoms with van der Waals surface area (Å²) in [4.78, 5) is 8.62. The van der Waals surface area contributed by atoms with Crippen LogP contribution in [0.3, 0.4) is 0 Å². The van der Waals surface area contributed by atoms with E-state index in [2.05, 4.69) is 14.7 Å². The van der Waals surface area contributed by atoms with E-state index in [1.165, 1.54) is 18.5 Å². The Morgan fingerprint density at radius 3 is 2.55 bits per heavy atom. The van der Waals surface area contributed by atoms with Gasteiger partial charge in [-0.3, -0.25) is 4.98 Å². The molecule has 2 aromatic carbocycles. The van der Waals surface area contributed by atoms with Crippen LogP contribution in [0.15, 0.2) is 59.8 Å². The second-order valence-electron chi connectivity index (χ2n) is 7.89. The number of nitrogens with two attached hydrogens (primary N) is 1. The number of benzene rings is 2. The molecule has 1 unspecified atom stereocenters. The van der Waals surface area contributed by atoms with Gasteiger partial charge in [0.05, 0.1) is 28.6 Å². The van der Waals surface area contributed by atoms with Crippen LogP contribution in [0.1, 0.15) is 32.1 Å². The van der Waals surface area contributed by atoms with Crippen LogP contribution in [-0.2, 0) is 11.0 Å². The molecule has 0 aliphatic heterocycles. The van der Waals surface area contributed by atoms with Crippen LogP contribution in [0.2, 0.25) is 0 Å². The van der Waals surface area contributed by atoms with Crippen molar-refractivity contribution in [3.8, 4) is 22.4 Å². The molecule has 3 aromatic rings. The van der Waals surface area contributed by atoms with Crippen LogP contribution < -0.4 is 10.5 Å². The summed E-state index contributed by atoms with van der Waals surface area (Å²) in [6.07, 6.45) is 7.30. The van der Waals surface area contributed by atoms with E-state index < -0.39 is 22.4 Å². The van der Waals surface area contributed by atoms with Gasteiger partial charge < -0.3 is 10.8 Å². The molecule has 1 saturated carbocycles. The van der Waals surface area contributed by atoms with Crippen LogP contribution in [0, 0.1) is 5.82 Å². The van der Waals surface area contributed by atoms with Gasteiger partial charge in [0.2, 0.25) is 0 Å². The van der Waals surface area contributed by atoms with Gasteiger partial charge in [-0.05, 0) is 42.2 Å². The standard InChI is InChI=1S/C23H25FN4O2S/c24-19-12-16(8-9-18(19)20-13-27-22(25)14-26-20)17-6-2-3-7-21(17)31(30)28-15-23(29)10-4-1-5-11-23/h2-3,6-9,12-14,28-29H,1,4-5,10-11,15H2,(H2,25,27). The quantitative estimate of drug-likeness (QED) is 0.541. The zero-order valence-electron chi connectivity index (χ0n) is 17.1. The molecule has 1 aliphatic carbocycles. The Morgan fingerprint density at radius 2 is 1.84 bits per heavy atom. The van der Waals surface area contributed by atoms with Crippen molar-refractivity contribution in [2.45, 2.75) is 42.6 Å². The Kier molecular flexibility index (Phi) is 6.41. The third kappa shape index (κ3) is 4.98. The summed E-state index contributed by atoms with van der Waals surface area (Å²) in [5, 5.41) is 10.7. The number of nitrogen functional groups attached to an aromatic ring is 1. The van der Waals surface area contributed by atoms with Gasteiger partial charge in [0.15, 0.2) is 0 Å². The molecule has 6 nitrogen and oxygen atoms in total. The van der Waals surface area contributed by atoms with Gasteiger partial charge >= 0.3 is 0 Å². The fourth-order valence-electron chi connectivity index (χ4n) is 3.90. The third-order valence-electron chi connectivity index (χ3n) is 5.63. The molecule has 0 saturated heterocycles. The average Bonchev–Trinajstić information content (AvgIpc) is 2.79. The molecule has 1 aliphatic rings. The molecule has 0 bridgehead atoms. The first-order valence-electron chi connectivity index (χ1n) is 10.3. The van der Waals surface area contributed by atoms with Crippen molar-refractivity contribution in [1.82, 2.24) is 14.7 Å². The molecule has 1 aromatic heterocycles. The number of nitrogens with one attached hydrogen (secondary N) is 1. The molecule has 4 N–H and O–H groups in total. The minimum atomic E-state index is -1.54. The lowest BCUT2D eigenvalue weighted by Crippen LogP contribution is -2.42. The minimum Gasteiger partial charge on any atom is -0.389 e. The number of rotatable bonds is 6. The van der Waals surface area contributed by atoms with Crippen molar-refractivity contribution < 1.29 is 13.7 Å². The summed E-state index contributed by atoms with van der Waals surface area (Å²) in [5.41, 5.74) is 6.69. The second-order valence-corrected chi connectivity index (χ2v) is 9.16. The largest absolute Gasteiger partial charge is 0.389 e. The van der Waals surface area contributed by atoms with E-state index >= 15 is 0 Å². The van der Waals surface area contributed by atoms with Gasteiger partial charge in [-0.1, -0.05) is 43.5 Å². The SMILES string of the molecule is Nc1cnc(-c2ccc(-c3ccccc3S(=O)NCC3(O)CCCCC3)cc2F)cn1. The number of aliphatic hydroxyl groups is 1. The fourth-order valence-corrected chi connectivity index (χ4v) is 5.04. The molecule has 31 heavy (non-hydrogen) atoms. The molecule has 0 radical (unpaired) electrons. The minimum absolute atomic E-state index is 0.261. The molecule has 1 heterocycles. The summed E-state index contributed by atoms with van der Waals surface area (Å²) in [6, 6.07) is 12.0. The van der Waals surface area contributed by atoms with Crippen molar-refractivity contribution in [2.75, 3.05) is 12.3 Å². The van der Waals surface area contributed by atoms with Gasteiger partial charge in [0, 0.05) is 12.1 Å². The number of nitrogens with zero attached hydrogens (tertiary/aromatic N) is 2. The lowest BCUT2D eigenvalue weighted by Gasteiger charge is -2.32. The van der Waals surface area contributed by atoms with Crippen LogP contribution in [0.25, 0.3) is 22.4 Å². The lowest BCUT2D eigenvalue weighted by molar-refractivity contribution is 0.00974.